The molecule has 0 fully saturated rings. The van der Waals surface area contributed by atoms with E-state index in [2.05, 4.69) is 4.98 Å². The van der Waals surface area contributed by atoms with E-state index < -0.39 is 0 Å². The predicted molar refractivity (Wildman–Crippen MR) is 82.2 cm³/mol. The van der Waals surface area contributed by atoms with Crippen molar-refractivity contribution in [2.75, 3.05) is 6.61 Å². The molecule has 0 bridgehead atoms. The van der Waals surface area contributed by atoms with E-state index >= 15 is 0 Å². The lowest BCUT2D eigenvalue weighted by Gasteiger charge is -2.14. The van der Waals surface area contributed by atoms with E-state index in [1.54, 1.807) is 12.4 Å². The summed E-state index contributed by atoms with van der Waals surface area (Å²) in [5.41, 5.74) is 8.05. The van der Waals surface area contributed by atoms with E-state index in [9.17, 15) is 0 Å². The SMILES string of the molecule is CC(N)Cc1c(Cl)cccc1OCCc1ccncc1. The van der Waals surface area contributed by atoms with Gasteiger partial charge in [-0.3, -0.25) is 4.98 Å². The zero-order valence-corrected chi connectivity index (χ0v) is 12.3. The van der Waals surface area contributed by atoms with Crippen molar-refractivity contribution in [1.82, 2.24) is 4.98 Å². The second kappa shape index (κ2) is 7.27. The maximum absolute atomic E-state index is 6.23. The number of hydrogen-bond acceptors (Lipinski definition) is 3. The third-order valence-corrected chi connectivity index (χ3v) is 3.35. The Balaban J connectivity index is 2.00. The summed E-state index contributed by atoms with van der Waals surface area (Å²) in [6.45, 7) is 2.57. The Kier molecular flexibility index (Phi) is 5.39. The number of pyridine rings is 1. The average molecular weight is 291 g/mol. The first kappa shape index (κ1) is 14.8. The molecular weight excluding hydrogens is 272 g/mol. The van der Waals surface area contributed by atoms with Gasteiger partial charge < -0.3 is 10.5 Å². The summed E-state index contributed by atoms with van der Waals surface area (Å²) in [4.78, 5) is 4.00. The van der Waals surface area contributed by atoms with Crippen molar-refractivity contribution in [3.63, 3.8) is 0 Å². The highest BCUT2D eigenvalue weighted by atomic mass is 35.5. The molecule has 1 atom stereocenters. The Bertz CT molecular complexity index is 543. The van der Waals surface area contributed by atoms with E-state index in [1.165, 1.54) is 5.56 Å². The van der Waals surface area contributed by atoms with E-state index in [0.29, 0.717) is 18.1 Å². The van der Waals surface area contributed by atoms with E-state index in [-0.39, 0.29) is 6.04 Å². The van der Waals surface area contributed by atoms with Crippen molar-refractivity contribution < 1.29 is 4.74 Å². The van der Waals surface area contributed by atoms with E-state index in [1.807, 2.05) is 37.3 Å². The highest BCUT2D eigenvalue weighted by Crippen LogP contribution is 2.27. The first-order chi connectivity index (χ1) is 9.66. The molecule has 0 radical (unpaired) electrons. The van der Waals surface area contributed by atoms with E-state index in [4.69, 9.17) is 22.1 Å². The molecule has 1 heterocycles. The minimum absolute atomic E-state index is 0.0532. The predicted octanol–water partition coefficient (Wildman–Crippen LogP) is 3.25. The number of benzene rings is 1. The van der Waals surface area contributed by atoms with Crippen molar-refractivity contribution in [2.24, 2.45) is 5.73 Å². The average Bonchev–Trinajstić information content (AvgIpc) is 2.43. The Morgan fingerprint density at radius 1 is 1.25 bits per heavy atom. The fraction of sp³-hybridized carbons (Fsp3) is 0.312. The molecule has 2 aromatic rings. The lowest BCUT2D eigenvalue weighted by molar-refractivity contribution is 0.318. The Labute approximate surface area is 124 Å². The molecule has 1 unspecified atom stereocenters. The molecule has 3 nitrogen and oxygen atoms in total. The Morgan fingerprint density at radius 3 is 2.70 bits per heavy atom. The highest BCUT2D eigenvalue weighted by Gasteiger charge is 2.10. The maximum Gasteiger partial charge on any atom is 0.124 e. The number of rotatable bonds is 6. The molecular formula is C16H19ClN2O. The zero-order chi connectivity index (χ0) is 14.4. The summed E-state index contributed by atoms with van der Waals surface area (Å²) < 4.78 is 5.86. The molecule has 20 heavy (non-hydrogen) atoms. The first-order valence-electron chi connectivity index (χ1n) is 6.71. The molecule has 2 N–H and O–H groups in total. The van der Waals surface area contributed by atoms with Gasteiger partial charge in [0, 0.05) is 35.4 Å². The van der Waals surface area contributed by atoms with Gasteiger partial charge in [0.25, 0.3) is 0 Å². The van der Waals surface area contributed by atoms with Gasteiger partial charge in [-0.15, -0.1) is 0 Å². The fourth-order valence-electron chi connectivity index (χ4n) is 2.02. The van der Waals surface area contributed by atoms with Crippen LogP contribution in [0, 0.1) is 0 Å². The van der Waals surface area contributed by atoms with Crippen LogP contribution in [0.4, 0.5) is 0 Å². The van der Waals surface area contributed by atoms with Crippen molar-refractivity contribution in [3.8, 4) is 5.75 Å². The molecule has 2 rings (SSSR count). The van der Waals surface area contributed by atoms with Gasteiger partial charge in [-0.05, 0) is 43.2 Å². The monoisotopic (exact) mass is 290 g/mol. The Morgan fingerprint density at radius 2 is 2.00 bits per heavy atom. The minimum Gasteiger partial charge on any atom is -0.493 e. The van der Waals surface area contributed by atoms with Gasteiger partial charge in [-0.25, -0.2) is 0 Å². The van der Waals surface area contributed by atoms with Crippen LogP contribution in [0.15, 0.2) is 42.7 Å². The van der Waals surface area contributed by atoms with Crippen LogP contribution < -0.4 is 10.5 Å². The summed E-state index contributed by atoms with van der Waals surface area (Å²) >= 11 is 6.23. The number of nitrogens with zero attached hydrogens (tertiary/aromatic N) is 1. The highest BCUT2D eigenvalue weighted by molar-refractivity contribution is 6.31. The Hall–Kier alpha value is -1.58. The van der Waals surface area contributed by atoms with Crippen LogP contribution in [0.5, 0.6) is 5.75 Å². The van der Waals surface area contributed by atoms with Crippen LogP contribution in [0.3, 0.4) is 0 Å². The first-order valence-corrected chi connectivity index (χ1v) is 7.09. The summed E-state index contributed by atoms with van der Waals surface area (Å²) in [5, 5.41) is 0.712. The van der Waals surface area contributed by atoms with Crippen LogP contribution in [-0.2, 0) is 12.8 Å². The van der Waals surface area contributed by atoms with Crippen LogP contribution in [0.25, 0.3) is 0 Å². The van der Waals surface area contributed by atoms with Crippen LogP contribution in [0.1, 0.15) is 18.1 Å². The number of halogens is 1. The normalized spacial score (nSPS) is 12.2. The molecule has 0 aliphatic rings. The summed E-state index contributed by atoms with van der Waals surface area (Å²) in [6.07, 6.45) is 5.13. The summed E-state index contributed by atoms with van der Waals surface area (Å²) in [5.74, 6) is 0.823. The van der Waals surface area contributed by atoms with Gasteiger partial charge in [0.2, 0.25) is 0 Å². The standard InChI is InChI=1S/C16H19ClN2O/c1-12(18)11-14-15(17)3-2-4-16(14)20-10-7-13-5-8-19-9-6-13/h2-6,8-9,12H,7,10-11,18H2,1H3. The number of ether oxygens (including phenoxy) is 1. The third kappa shape index (κ3) is 4.22. The lowest BCUT2D eigenvalue weighted by Crippen LogP contribution is -2.18. The fourth-order valence-corrected chi connectivity index (χ4v) is 2.27. The van der Waals surface area contributed by atoms with Crippen molar-refractivity contribution in [2.45, 2.75) is 25.8 Å². The second-order valence-electron chi connectivity index (χ2n) is 4.85. The quantitative estimate of drug-likeness (QED) is 0.888. The molecule has 4 heteroatoms. The molecule has 0 amide bonds. The summed E-state index contributed by atoms with van der Waals surface area (Å²) in [6, 6.07) is 9.74. The topological polar surface area (TPSA) is 48.1 Å². The van der Waals surface area contributed by atoms with Crippen molar-refractivity contribution in [1.29, 1.82) is 0 Å². The van der Waals surface area contributed by atoms with Gasteiger partial charge in [0.1, 0.15) is 5.75 Å². The molecule has 0 aliphatic heterocycles. The molecule has 0 saturated carbocycles. The minimum atomic E-state index is 0.0532. The maximum atomic E-state index is 6.23. The molecule has 1 aromatic heterocycles. The van der Waals surface area contributed by atoms with Crippen LogP contribution in [0.2, 0.25) is 5.02 Å². The van der Waals surface area contributed by atoms with E-state index in [0.717, 1.165) is 17.7 Å². The second-order valence-corrected chi connectivity index (χ2v) is 5.26. The van der Waals surface area contributed by atoms with Gasteiger partial charge in [-0.1, -0.05) is 17.7 Å². The van der Waals surface area contributed by atoms with Crippen LogP contribution >= 0.6 is 11.6 Å². The lowest BCUT2D eigenvalue weighted by atomic mass is 10.1. The smallest absolute Gasteiger partial charge is 0.124 e. The molecule has 0 spiro atoms. The van der Waals surface area contributed by atoms with Gasteiger partial charge in [0.05, 0.1) is 6.61 Å². The molecule has 0 aliphatic carbocycles. The zero-order valence-electron chi connectivity index (χ0n) is 11.6. The number of aromatic nitrogens is 1. The van der Waals surface area contributed by atoms with Gasteiger partial charge in [-0.2, -0.15) is 0 Å². The van der Waals surface area contributed by atoms with Crippen molar-refractivity contribution >= 4 is 11.6 Å². The van der Waals surface area contributed by atoms with Gasteiger partial charge in [0.15, 0.2) is 0 Å². The molecule has 106 valence electrons. The number of nitrogens with two attached hydrogens (primary N) is 1. The van der Waals surface area contributed by atoms with Crippen molar-refractivity contribution in [3.05, 3.63) is 58.9 Å². The third-order valence-electron chi connectivity index (χ3n) is 3.00. The largest absolute Gasteiger partial charge is 0.493 e. The van der Waals surface area contributed by atoms with Gasteiger partial charge >= 0.3 is 0 Å². The number of hydrogen-bond donors (Lipinski definition) is 1. The molecule has 1 aromatic carbocycles. The molecule has 0 saturated heterocycles. The summed E-state index contributed by atoms with van der Waals surface area (Å²) in [7, 11) is 0. The van der Waals surface area contributed by atoms with Crippen LogP contribution in [-0.4, -0.2) is 17.6 Å².